The average molecular weight is 635 g/mol. The smallest absolute Gasteiger partial charge is 0.286 e. The van der Waals surface area contributed by atoms with Gasteiger partial charge in [-0.15, -0.1) is 0 Å². The van der Waals surface area contributed by atoms with Crippen LogP contribution in [0.15, 0.2) is 60.8 Å². The maximum atomic E-state index is 15.1. The Bertz CT molecular complexity index is 1290. The summed E-state index contributed by atoms with van der Waals surface area (Å²) in [5, 5.41) is 6.90. The molecule has 5 nitrogen and oxygen atoms in total. The van der Waals surface area contributed by atoms with E-state index in [0.29, 0.717) is 28.3 Å². The number of nitrogens with zero attached hydrogens (tertiary/aromatic N) is 2. The number of piperazine rings is 1. The average Bonchev–Trinajstić information content (AvgIpc) is 3.00. The Morgan fingerprint density at radius 3 is 2.53 bits per heavy atom. The van der Waals surface area contributed by atoms with Gasteiger partial charge in [0, 0.05) is 73.2 Å². The monoisotopic (exact) mass is 634 g/mol. The molecule has 1 aliphatic rings. The molecule has 1 unspecified atom stereocenters. The molecule has 43 heavy (non-hydrogen) atoms. The van der Waals surface area contributed by atoms with Gasteiger partial charge in [-0.25, -0.2) is 8.70 Å². The van der Waals surface area contributed by atoms with Crippen LogP contribution in [0.2, 0.25) is 5.02 Å². The number of alkyl halides is 2. The van der Waals surface area contributed by atoms with Gasteiger partial charge in [-0.2, -0.15) is 8.78 Å². The highest BCUT2D eigenvalue weighted by Gasteiger charge is 2.27. The van der Waals surface area contributed by atoms with Crippen molar-refractivity contribution in [1.82, 2.24) is 14.6 Å². The van der Waals surface area contributed by atoms with Crippen LogP contribution in [0.25, 0.3) is 0 Å². The Morgan fingerprint density at radius 2 is 1.88 bits per heavy atom. The quantitative estimate of drug-likeness (QED) is 0.196. The number of aromatic nitrogens is 1. The van der Waals surface area contributed by atoms with E-state index in [-0.39, 0.29) is 29.9 Å². The third-order valence-corrected chi connectivity index (χ3v) is 8.83. The number of rotatable bonds is 12. The summed E-state index contributed by atoms with van der Waals surface area (Å²) >= 11 is 7.92. The van der Waals surface area contributed by atoms with Crippen molar-refractivity contribution in [3.05, 3.63) is 94.0 Å². The minimum Gasteiger partial charge on any atom is -0.326 e. The van der Waals surface area contributed by atoms with E-state index in [9.17, 15) is 13.6 Å². The van der Waals surface area contributed by atoms with Crippen LogP contribution < -0.4 is 10.6 Å². The number of pyridine rings is 1. The summed E-state index contributed by atoms with van der Waals surface area (Å²) in [7, 11) is 0. The van der Waals surface area contributed by atoms with E-state index in [0.717, 1.165) is 50.7 Å². The largest absolute Gasteiger partial charge is 0.326 e. The number of benzene rings is 2. The van der Waals surface area contributed by atoms with Gasteiger partial charge >= 0.3 is 0 Å². The minimum atomic E-state index is -3.07. The second-order valence-electron chi connectivity index (χ2n) is 10.4. The Morgan fingerprint density at radius 1 is 1.16 bits per heavy atom. The number of carbonyl (C=O) groups excluding carboxylic acids is 1. The highest BCUT2D eigenvalue weighted by atomic mass is 35.5. The van der Waals surface area contributed by atoms with Crippen LogP contribution in [-0.4, -0.2) is 46.6 Å². The van der Waals surface area contributed by atoms with Crippen molar-refractivity contribution in [2.24, 2.45) is 0 Å². The van der Waals surface area contributed by atoms with Gasteiger partial charge in [0.2, 0.25) is 5.91 Å². The number of halogens is 4. The van der Waals surface area contributed by atoms with E-state index in [1.165, 1.54) is 18.3 Å². The molecule has 10 heteroatoms. The first-order valence-electron chi connectivity index (χ1n) is 14.9. The molecule has 1 amide bonds. The summed E-state index contributed by atoms with van der Waals surface area (Å²) in [6.07, 6.45) is 3.71. The molecule has 0 radical (unpaired) electrons. The van der Waals surface area contributed by atoms with Crippen molar-refractivity contribution in [2.45, 2.75) is 71.3 Å². The molecule has 1 aliphatic heterocycles. The van der Waals surface area contributed by atoms with E-state index >= 15 is 4.39 Å². The number of nitrogens with one attached hydrogen (secondary N) is 2. The van der Waals surface area contributed by atoms with E-state index in [1.807, 2.05) is 25.8 Å². The SMILES string of the molecule is CC.CCCSN1CCNC[C@@H]1CCc1c(F)cccc1NC(=O)CC(c1ccc(Cl)cc1)c1ccc(C(C)(F)F)nc1. The van der Waals surface area contributed by atoms with Gasteiger partial charge in [-0.1, -0.05) is 68.6 Å². The van der Waals surface area contributed by atoms with Crippen LogP contribution in [0.1, 0.15) is 75.3 Å². The summed E-state index contributed by atoms with van der Waals surface area (Å²) in [4.78, 5) is 17.3. The van der Waals surface area contributed by atoms with Gasteiger partial charge in [0.1, 0.15) is 11.5 Å². The maximum absolute atomic E-state index is 15.1. The number of anilines is 1. The molecule has 1 fully saturated rings. The zero-order chi connectivity index (χ0) is 31.4. The normalized spacial score (nSPS) is 16.2. The third-order valence-electron chi connectivity index (χ3n) is 7.18. The Balaban J connectivity index is 0.00000248. The van der Waals surface area contributed by atoms with Crippen LogP contribution in [0.5, 0.6) is 0 Å². The van der Waals surface area contributed by atoms with Crippen molar-refractivity contribution in [2.75, 3.05) is 30.7 Å². The molecule has 3 aromatic rings. The maximum Gasteiger partial charge on any atom is 0.286 e. The Hall–Kier alpha value is -2.59. The molecule has 1 aromatic heterocycles. The highest BCUT2D eigenvalue weighted by molar-refractivity contribution is 7.97. The van der Waals surface area contributed by atoms with Crippen LogP contribution >= 0.6 is 23.5 Å². The molecule has 0 spiro atoms. The van der Waals surface area contributed by atoms with Gasteiger partial charge < -0.3 is 10.6 Å². The second-order valence-corrected chi connectivity index (χ2v) is 11.9. The topological polar surface area (TPSA) is 57.3 Å². The van der Waals surface area contributed by atoms with Gasteiger partial charge in [-0.05, 0) is 60.7 Å². The number of amides is 1. The zero-order valence-electron chi connectivity index (χ0n) is 25.3. The number of carbonyl (C=O) groups is 1. The molecule has 2 atom stereocenters. The van der Waals surface area contributed by atoms with Crippen molar-refractivity contribution in [3.63, 3.8) is 0 Å². The molecule has 1 saturated heterocycles. The van der Waals surface area contributed by atoms with Crippen LogP contribution in [-0.2, 0) is 17.1 Å². The Labute approximate surface area is 263 Å². The van der Waals surface area contributed by atoms with E-state index < -0.39 is 11.8 Å². The van der Waals surface area contributed by atoms with Crippen molar-refractivity contribution < 1.29 is 18.0 Å². The lowest BCUT2D eigenvalue weighted by Gasteiger charge is -2.35. The molecule has 2 heterocycles. The first-order valence-corrected chi connectivity index (χ1v) is 16.2. The van der Waals surface area contributed by atoms with Crippen LogP contribution in [0.4, 0.5) is 18.9 Å². The van der Waals surface area contributed by atoms with Crippen molar-refractivity contribution in [3.8, 4) is 0 Å². The second kappa shape index (κ2) is 17.0. The first-order chi connectivity index (χ1) is 20.7. The molecule has 0 saturated carbocycles. The van der Waals surface area contributed by atoms with E-state index in [4.69, 9.17) is 11.6 Å². The fraction of sp³-hybridized carbons (Fsp3) is 0.455. The first kappa shape index (κ1) is 34.9. The van der Waals surface area contributed by atoms with E-state index in [2.05, 4.69) is 26.8 Å². The third kappa shape index (κ3) is 10.2. The molecule has 2 aromatic carbocycles. The fourth-order valence-corrected chi connectivity index (χ4v) is 6.14. The van der Waals surface area contributed by atoms with Gasteiger partial charge in [-0.3, -0.25) is 9.78 Å². The minimum absolute atomic E-state index is 0.00904. The lowest BCUT2D eigenvalue weighted by molar-refractivity contribution is -0.116. The molecule has 234 valence electrons. The van der Waals surface area contributed by atoms with Gasteiger partial charge in [0.25, 0.3) is 5.92 Å². The molecule has 0 aliphatic carbocycles. The number of hydrogen-bond acceptors (Lipinski definition) is 5. The lowest BCUT2D eigenvalue weighted by atomic mass is 9.89. The molecule has 2 N–H and O–H groups in total. The fourth-order valence-electron chi connectivity index (χ4n) is 4.99. The van der Waals surface area contributed by atoms with Crippen molar-refractivity contribution in [1.29, 1.82) is 0 Å². The van der Waals surface area contributed by atoms with Crippen molar-refractivity contribution >= 4 is 35.1 Å². The summed E-state index contributed by atoms with van der Waals surface area (Å²) in [6.45, 7) is 9.66. The van der Waals surface area contributed by atoms with Gasteiger partial charge in [0.15, 0.2) is 0 Å². The summed E-state index contributed by atoms with van der Waals surface area (Å²) < 4.78 is 45.0. The molecule has 0 bridgehead atoms. The molecular weight excluding hydrogens is 593 g/mol. The summed E-state index contributed by atoms with van der Waals surface area (Å²) in [5.41, 5.74) is 1.98. The van der Waals surface area contributed by atoms with Crippen LogP contribution in [0, 0.1) is 5.82 Å². The zero-order valence-corrected chi connectivity index (χ0v) is 26.9. The molecule has 4 rings (SSSR count). The predicted octanol–water partition coefficient (Wildman–Crippen LogP) is 8.44. The predicted molar refractivity (Wildman–Crippen MR) is 173 cm³/mol. The Kier molecular flexibility index (Phi) is 13.8. The molecular formula is C33H42ClF3N4OS. The lowest BCUT2D eigenvalue weighted by Crippen LogP contribution is -2.48. The highest BCUT2D eigenvalue weighted by Crippen LogP contribution is 2.32. The van der Waals surface area contributed by atoms with Crippen LogP contribution in [0.3, 0.4) is 0 Å². The summed E-state index contributed by atoms with van der Waals surface area (Å²) in [6, 6.07) is 14.9. The standard InChI is InChI=1S/C31H36ClF3N4OS.C2H6/c1-3-17-41-39-16-15-36-20-24(39)12-13-25-27(33)5-4-6-28(25)38-30(40)18-26(21-7-10-23(32)11-8-21)22-9-14-29(37-19-22)31(2,34)35;1-2/h4-11,14,19,24,26,36H,3,12-13,15-18,20H2,1-2H3,(H,38,40);1-2H3/t24-,26?;/m0./s1. The van der Waals surface area contributed by atoms with E-state index in [1.54, 1.807) is 42.5 Å². The van der Waals surface area contributed by atoms with Gasteiger partial charge in [0.05, 0.1) is 0 Å². The summed E-state index contributed by atoms with van der Waals surface area (Å²) in [5.74, 6) is -3.16. The number of hydrogen-bond donors (Lipinski definition) is 2.